The second-order valence-electron chi connectivity index (χ2n) is 4.18. The third-order valence-corrected chi connectivity index (χ3v) is 2.00. The van der Waals surface area contributed by atoms with Crippen LogP contribution in [0.5, 0.6) is 0 Å². The summed E-state index contributed by atoms with van der Waals surface area (Å²) in [6.45, 7) is 6.91. The number of benzene rings is 1. The number of nitrogens with zero attached hydrogens (tertiary/aromatic N) is 1. The second-order valence-corrected chi connectivity index (χ2v) is 4.18. The van der Waals surface area contributed by atoms with Crippen LogP contribution in [0, 0.1) is 5.92 Å². The molecule has 2 nitrogen and oxygen atoms in total. The lowest BCUT2D eigenvalue weighted by Gasteiger charge is -2.04. The third kappa shape index (κ3) is 5.21. The molecule has 2 heteroatoms. The zero-order chi connectivity index (χ0) is 11.1. The fraction of sp³-hybridized carbons (Fsp3) is 0.462. The first-order chi connectivity index (χ1) is 7.18. The Kier molecular flexibility index (Phi) is 4.88. The molecule has 1 rings (SSSR count). The Morgan fingerprint density at radius 3 is 2.53 bits per heavy atom. The summed E-state index contributed by atoms with van der Waals surface area (Å²) in [5.41, 5.74) is 2.21. The molecule has 0 aromatic heterocycles. The van der Waals surface area contributed by atoms with Crippen molar-refractivity contribution in [2.75, 3.05) is 0 Å². The highest BCUT2D eigenvalue weighted by Crippen LogP contribution is 2.04. The summed E-state index contributed by atoms with van der Waals surface area (Å²) in [5.74, 6) is 0.633. The van der Waals surface area contributed by atoms with Gasteiger partial charge in [-0.15, -0.1) is 0 Å². The van der Waals surface area contributed by atoms with Gasteiger partial charge in [0.25, 0.3) is 0 Å². The average Bonchev–Trinajstić information content (AvgIpc) is 2.18. The van der Waals surface area contributed by atoms with Crippen molar-refractivity contribution in [1.82, 2.24) is 0 Å². The number of hydrogen-bond donors (Lipinski definition) is 0. The molecule has 0 bridgehead atoms. The molecule has 1 aromatic rings. The second kappa shape index (κ2) is 6.23. The van der Waals surface area contributed by atoms with Crippen LogP contribution >= 0.6 is 0 Å². The fourth-order valence-electron chi connectivity index (χ4n) is 1.42. The summed E-state index contributed by atoms with van der Waals surface area (Å²) >= 11 is 0. The molecule has 0 aliphatic carbocycles. The van der Waals surface area contributed by atoms with E-state index in [1.54, 1.807) is 0 Å². The molecule has 0 heterocycles. The Balaban J connectivity index is 2.32. The fourth-order valence-corrected chi connectivity index (χ4v) is 1.42. The number of hydrogen-bond acceptors (Lipinski definition) is 2. The summed E-state index contributed by atoms with van der Waals surface area (Å²) in [4.78, 5) is 5.27. The standard InChI is InChI=1S/C13H19NO/c1-11(2)9-12(3)14-15-10-13-7-5-4-6-8-13/h4-8,11H,9-10H2,1-3H3. The van der Waals surface area contributed by atoms with Gasteiger partial charge >= 0.3 is 0 Å². The van der Waals surface area contributed by atoms with Gasteiger partial charge in [0.2, 0.25) is 0 Å². The molecule has 0 fully saturated rings. The van der Waals surface area contributed by atoms with Gasteiger partial charge < -0.3 is 4.84 Å². The van der Waals surface area contributed by atoms with Crippen LogP contribution in [0.25, 0.3) is 0 Å². The van der Waals surface area contributed by atoms with E-state index in [-0.39, 0.29) is 0 Å². The van der Waals surface area contributed by atoms with Gasteiger partial charge in [-0.2, -0.15) is 0 Å². The highest BCUT2D eigenvalue weighted by atomic mass is 16.6. The predicted octanol–water partition coefficient (Wildman–Crippen LogP) is 3.63. The molecule has 0 aliphatic heterocycles. The Hall–Kier alpha value is -1.31. The maximum Gasteiger partial charge on any atom is 0.142 e. The maximum absolute atomic E-state index is 5.27. The molecule has 0 unspecified atom stereocenters. The summed E-state index contributed by atoms with van der Waals surface area (Å²) in [7, 11) is 0. The molecule has 0 amide bonds. The number of oxime groups is 1. The molecule has 0 atom stereocenters. The van der Waals surface area contributed by atoms with Crippen molar-refractivity contribution >= 4 is 5.71 Å². The van der Waals surface area contributed by atoms with Crippen LogP contribution in [0.15, 0.2) is 35.5 Å². The lowest BCUT2D eigenvalue weighted by Crippen LogP contribution is -1.99. The first-order valence-electron chi connectivity index (χ1n) is 5.38. The molecule has 82 valence electrons. The van der Waals surface area contributed by atoms with Crippen LogP contribution in [-0.2, 0) is 11.4 Å². The van der Waals surface area contributed by atoms with Crippen molar-refractivity contribution in [2.24, 2.45) is 11.1 Å². The van der Waals surface area contributed by atoms with Gasteiger partial charge in [0.1, 0.15) is 6.61 Å². The van der Waals surface area contributed by atoms with E-state index >= 15 is 0 Å². The Bertz CT molecular complexity index is 304. The van der Waals surface area contributed by atoms with Crippen LogP contribution in [0.3, 0.4) is 0 Å². The first kappa shape index (κ1) is 11.8. The number of rotatable bonds is 5. The zero-order valence-corrected chi connectivity index (χ0v) is 9.73. The summed E-state index contributed by atoms with van der Waals surface area (Å²) < 4.78 is 0. The lowest BCUT2D eigenvalue weighted by atomic mass is 10.1. The van der Waals surface area contributed by atoms with Gasteiger partial charge in [0.05, 0.1) is 5.71 Å². The minimum Gasteiger partial charge on any atom is -0.391 e. The Morgan fingerprint density at radius 1 is 1.27 bits per heavy atom. The minimum absolute atomic E-state index is 0.552. The van der Waals surface area contributed by atoms with Gasteiger partial charge in [-0.3, -0.25) is 0 Å². The van der Waals surface area contributed by atoms with E-state index in [0.29, 0.717) is 12.5 Å². The van der Waals surface area contributed by atoms with Crippen LogP contribution in [-0.4, -0.2) is 5.71 Å². The van der Waals surface area contributed by atoms with E-state index in [9.17, 15) is 0 Å². The van der Waals surface area contributed by atoms with Crippen molar-refractivity contribution in [2.45, 2.75) is 33.8 Å². The summed E-state index contributed by atoms with van der Waals surface area (Å²) in [6.07, 6.45) is 0.995. The van der Waals surface area contributed by atoms with Crippen molar-refractivity contribution in [3.63, 3.8) is 0 Å². The summed E-state index contributed by atoms with van der Waals surface area (Å²) in [6, 6.07) is 10.1. The van der Waals surface area contributed by atoms with Crippen LogP contribution in [0.1, 0.15) is 32.8 Å². The van der Waals surface area contributed by atoms with E-state index in [2.05, 4.69) is 19.0 Å². The van der Waals surface area contributed by atoms with Gasteiger partial charge in [0.15, 0.2) is 0 Å². The van der Waals surface area contributed by atoms with Crippen molar-refractivity contribution in [3.8, 4) is 0 Å². The van der Waals surface area contributed by atoms with Crippen LogP contribution in [0.4, 0.5) is 0 Å². The molecule has 0 radical (unpaired) electrons. The molecule has 0 spiro atoms. The third-order valence-electron chi connectivity index (χ3n) is 2.00. The van der Waals surface area contributed by atoms with E-state index in [0.717, 1.165) is 17.7 Å². The summed E-state index contributed by atoms with van der Waals surface area (Å²) in [5, 5.41) is 4.08. The van der Waals surface area contributed by atoms with Crippen molar-refractivity contribution in [1.29, 1.82) is 0 Å². The van der Waals surface area contributed by atoms with Crippen molar-refractivity contribution in [3.05, 3.63) is 35.9 Å². The maximum atomic E-state index is 5.27. The zero-order valence-electron chi connectivity index (χ0n) is 9.73. The highest BCUT2D eigenvalue weighted by Gasteiger charge is 1.97. The Labute approximate surface area is 91.9 Å². The molecular formula is C13H19NO. The normalized spacial score (nSPS) is 11.9. The minimum atomic E-state index is 0.552. The molecule has 0 N–H and O–H groups in total. The topological polar surface area (TPSA) is 21.6 Å². The van der Waals surface area contributed by atoms with Gasteiger partial charge in [-0.25, -0.2) is 0 Å². The van der Waals surface area contributed by atoms with E-state index in [1.165, 1.54) is 0 Å². The average molecular weight is 205 g/mol. The smallest absolute Gasteiger partial charge is 0.142 e. The molecule has 1 aromatic carbocycles. The predicted molar refractivity (Wildman–Crippen MR) is 63.8 cm³/mol. The van der Waals surface area contributed by atoms with Gasteiger partial charge in [-0.05, 0) is 24.8 Å². The van der Waals surface area contributed by atoms with Crippen molar-refractivity contribution < 1.29 is 4.84 Å². The van der Waals surface area contributed by atoms with E-state index < -0.39 is 0 Å². The first-order valence-corrected chi connectivity index (χ1v) is 5.38. The highest BCUT2D eigenvalue weighted by molar-refractivity contribution is 5.81. The lowest BCUT2D eigenvalue weighted by molar-refractivity contribution is 0.129. The molecule has 0 aliphatic rings. The van der Waals surface area contributed by atoms with Gasteiger partial charge in [0, 0.05) is 0 Å². The molecular weight excluding hydrogens is 186 g/mol. The molecule has 0 saturated heterocycles. The van der Waals surface area contributed by atoms with E-state index in [4.69, 9.17) is 4.84 Å². The SMILES string of the molecule is CC(CC(C)C)=NOCc1ccccc1. The van der Waals surface area contributed by atoms with E-state index in [1.807, 2.05) is 37.3 Å². The Morgan fingerprint density at radius 2 is 1.93 bits per heavy atom. The molecule has 0 saturated carbocycles. The largest absolute Gasteiger partial charge is 0.391 e. The monoisotopic (exact) mass is 205 g/mol. The van der Waals surface area contributed by atoms with Crippen LogP contribution in [0.2, 0.25) is 0 Å². The quantitative estimate of drug-likeness (QED) is 0.531. The van der Waals surface area contributed by atoms with Gasteiger partial charge in [-0.1, -0.05) is 49.3 Å². The van der Waals surface area contributed by atoms with Crippen LogP contribution < -0.4 is 0 Å². The molecule has 15 heavy (non-hydrogen) atoms.